The Morgan fingerprint density at radius 2 is 1.85 bits per heavy atom. The third-order valence-electron chi connectivity index (χ3n) is 3.89. The zero-order valence-electron chi connectivity index (χ0n) is 14.4. The Morgan fingerprint density at radius 3 is 2.62 bits per heavy atom. The number of hydrogen-bond acceptors (Lipinski definition) is 4. The van der Waals surface area contributed by atoms with Crippen LogP contribution in [-0.4, -0.2) is 22.4 Å². The fourth-order valence-electron chi connectivity index (χ4n) is 2.44. The predicted molar refractivity (Wildman–Crippen MR) is 99.8 cm³/mol. The zero-order chi connectivity index (χ0) is 18.4. The van der Waals surface area contributed by atoms with Crippen LogP contribution in [0.5, 0.6) is 0 Å². The van der Waals surface area contributed by atoms with Gasteiger partial charge in [0.2, 0.25) is 5.95 Å². The first-order chi connectivity index (χ1) is 12.6. The molecule has 0 aliphatic carbocycles. The van der Waals surface area contributed by atoms with Gasteiger partial charge in [-0.2, -0.15) is 0 Å². The lowest BCUT2D eigenvalue weighted by molar-refractivity contribution is 0.102. The Morgan fingerprint density at radius 1 is 1.08 bits per heavy atom. The van der Waals surface area contributed by atoms with E-state index in [0.717, 1.165) is 16.8 Å². The summed E-state index contributed by atoms with van der Waals surface area (Å²) in [6.07, 6.45) is 2.24. The first kappa shape index (κ1) is 17.5. The molecule has 1 heterocycles. The number of halogens is 1. The van der Waals surface area contributed by atoms with Gasteiger partial charge in [-0.1, -0.05) is 30.3 Å². The maximum Gasteiger partial charge on any atom is 0.274 e. The smallest absolute Gasteiger partial charge is 0.274 e. The zero-order valence-corrected chi connectivity index (χ0v) is 14.4. The van der Waals surface area contributed by atoms with Crippen molar-refractivity contribution < 1.29 is 9.18 Å². The van der Waals surface area contributed by atoms with E-state index in [1.165, 1.54) is 12.1 Å². The molecule has 0 fully saturated rings. The molecule has 5 nitrogen and oxygen atoms in total. The molecule has 0 bridgehead atoms. The normalized spacial score (nSPS) is 10.4. The van der Waals surface area contributed by atoms with Crippen molar-refractivity contribution in [2.45, 2.75) is 13.3 Å². The number of anilines is 2. The van der Waals surface area contributed by atoms with E-state index in [9.17, 15) is 9.18 Å². The quantitative estimate of drug-likeness (QED) is 0.709. The Balaban J connectivity index is 1.59. The molecule has 0 saturated heterocycles. The lowest BCUT2D eigenvalue weighted by Gasteiger charge is -2.09. The number of carbonyl (C=O) groups excluding carboxylic acids is 1. The molecule has 2 aromatic carbocycles. The summed E-state index contributed by atoms with van der Waals surface area (Å²) in [4.78, 5) is 20.8. The molecule has 0 radical (unpaired) electrons. The van der Waals surface area contributed by atoms with Gasteiger partial charge in [-0.15, -0.1) is 0 Å². The number of nitrogens with one attached hydrogen (secondary N) is 2. The Kier molecular flexibility index (Phi) is 5.53. The number of amides is 1. The Hall–Kier alpha value is -3.28. The fourth-order valence-corrected chi connectivity index (χ4v) is 2.44. The second-order valence-electron chi connectivity index (χ2n) is 5.84. The van der Waals surface area contributed by atoms with Crippen molar-refractivity contribution in [1.82, 2.24) is 9.97 Å². The van der Waals surface area contributed by atoms with E-state index in [1.807, 2.05) is 31.2 Å². The van der Waals surface area contributed by atoms with E-state index in [-0.39, 0.29) is 17.4 Å². The van der Waals surface area contributed by atoms with Crippen LogP contribution in [0.15, 0.2) is 60.8 Å². The van der Waals surface area contributed by atoms with Crippen molar-refractivity contribution in [2.75, 3.05) is 17.2 Å². The SMILES string of the molecule is Cc1ccccc1NC(=O)c1ccnc(NCCc2ccc(F)cc2)n1. The second-order valence-corrected chi connectivity index (χ2v) is 5.84. The highest BCUT2D eigenvalue weighted by Crippen LogP contribution is 2.14. The van der Waals surface area contributed by atoms with E-state index in [0.29, 0.717) is 18.9 Å². The molecule has 0 spiro atoms. The first-order valence-electron chi connectivity index (χ1n) is 8.30. The standard InChI is InChI=1S/C20H19FN4O/c1-14-4-2-3-5-17(14)24-19(26)18-11-13-23-20(25-18)22-12-10-15-6-8-16(21)9-7-15/h2-9,11,13H,10,12H2,1H3,(H,24,26)(H,22,23,25). The number of nitrogens with zero attached hydrogens (tertiary/aromatic N) is 2. The van der Waals surface area contributed by atoms with Crippen molar-refractivity contribution in [2.24, 2.45) is 0 Å². The highest BCUT2D eigenvalue weighted by atomic mass is 19.1. The van der Waals surface area contributed by atoms with Gasteiger partial charge in [-0.3, -0.25) is 4.79 Å². The maximum atomic E-state index is 12.9. The summed E-state index contributed by atoms with van der Waals surface area (Å²) >= 11 is 0. The molecular weight excluding hydrogens is 331 g/mol. The number of para-hydroxylation sites is 1. The monoisotopic (exact) mass is 350 g/mol. The number of aromatic nitrogens is 2. The summed E-state index contributed by atoms with van der Waals surface area (Å²) in [7, 11) is 0. The van der Waals surface area contributed by atoms with Crippen molar-refractivity contribution in [1.29, 1.82) is 0 Å². The van der Waals surface area contributed by atoms with Gasteiger partial charge < -0.3 is 10.6 Å². The molecule has 1 amide bonds. The third kappa shape index (κ3) is 4.63. The fraction of sp³-hybridized carbons (Fsp3) is 0.150. The lowest BCUT2D eigenvalue weighted by atomic mass is 10.1. The van der Waals surface area contributed by atoms with Gasteiger partial charge in [0.15, 0.2) is 0 Å². The molecule has 0 saturated carbocycles. The van der Waals surface area contributed by atoms with Crippen molar-refractivity contribution in [3.05, 3.63) is 83.4 Å². The molecular formula is C20H19FN4O. The highest BCUT2D eigenvalue weighted by molar-refractivity contribution is 6.03. The van der Waals surface area contributed by atoms with Gasteiger partial charge in [0.25, 0.3) is 5.91 Å². The summed E-state index contributed by atoms with van der Waals surface area (Å²) < 4.78 is 12.9. The number of benzene rings is 2. The Bertz CT molecular complexity index is 896. The van der Waals surface area contributed by atoms with Crippen LogP contribution in [0.4, 0.5) is 16.0 Å². The average Bonchev–Trinajstić information content (AvgIpc) is 2.65. The van der Waals surface area contributed by atoms with Crippen molar-refractivity contribution in [3.8, 4) is 0 Å². The minimum atomic E-state index is -0.289. The summed E-state index contributed by atoms with van der Waals surface area (Å²) in [6.45, 7) is 2.51. The van der Waals surface area contributed by atoms with Crippen LogP contribution in [0.25, 0.3) is 0 Å². The molecule has 0 atom stereocenters. The van der Waals surface area contributed by atoms with Crippen LogP contribution in [-0.2, 0) is 6.42 Å². The summed E-state index contributed by atoms with van der Waals surface area (Å²) in [5.41, 5.74) is 3.02. The lowest BCUT2D eigenvalue weighted by Crippen LogP contribution is -2.16. The van der Waals surface area contributed by atoms with Gasteiger partial charge in [-0.25, -0.2) is 14.4 Å². The topological polar surface area (TPSA) is 66.9 Å². The van der Waals surface area contributed by atoms with E-state index in [2.05, 4.69) is 20.6 Å². The predicted octanol–water partition coefficient (Wildman–Crippen LogP) is 3.83. The van der Waals surface area contributed by atoms with Gasteiger partial charge in [-0.05, 0) is 48.7 Å². The third-order valence-corrected chi connectivity index (χ3v) is 3.89. The molecule has 3 rings (SSSR count). The van der Waals surface area contributed by atoms with Crippen molar-refractivity contribution >= 4 is 17.5 Å². The van der Waals surface area contributed by atoms with Crippen LogP contribution in [0.1, 0.15) is 21.6 Å². The maximum absolute atomic E-state index is 12.9. The van der Waals surface area contributed by atoms with Gasteiger partial charge >= 0.3 is 0 Å². The molecule has 0 aliphatic rings. The molecule has 1 aromatic heterocycles. The molecule has 0 aliphatic heterocycles. The first-order valence-corrected chi connectivity index (χ1v) is 8.30. The van der Waals surface area contributed by atoms with Crippen LogP contribution in [0.3, 0.4) is 0 Å². The Labute approximate surface area is 151 Å². The van der Waals surface area contributed by atoms with Crippen LogP contribution in [0.2, 0.25) is 0 Å². The summed E-state index contributed by atoms with van der Waals surface area (Å²) in [5, 5.41) is 5.93. The molecule has 6 heteroatoms. The van der Waals surface area contributed by atoms with Gasteiger partial charge in [0.1, 0.15) is 11.5 Å². The number of hydrogen-bond donors (Lipinski definition) is 2. The van der Waals surface area contributed by atoms with E-state index >= 15 is 0 Å². The van der Waals surface area contributed by atoms with Crippen LogP contribution < -0.4 is 10.6 Å². The molecule has 2 N–H and O–H groups in total. The highest BCUT2D eigenvalue weighted by Gasteiger charge is 2.10. The van der Waals surface area contributed by atoms with Gasteiger partial charge in [0, 0.05) is 18.4 Å². The van der Waals surface area contributed by atoms with E-state index in [1.54, 1.807) is 24.4 Å². The number of carbonyl (C=O) groups is 1. The molecule has 26 heavy (non-hydrogen) atoms. The number of rotatable bonds is 6. The summed E-state index contributed by atoms with van der Waals surface area (Å²) in [5.74, 6) is -0.162. The largest absolute Gasteiger partial charge is 0.354 e. The van der Waals surface area contributed by atoms with Gasteiger partial charge in [0.05, 0.1) is 0 Å². The van der Waals surface area contributed by atoms with Crippen LogP contribution >= 0.6 is 0 Å². The number of aryl methyl sites for hydroxylation is 1. The minimum Gasteiger partial charge on any atom is -0.354 e. The molecule has 0 unspecified atom stereocenters. The summed E-state index contributed by atoms with van der Waals surface area (Å²) in [6, 6.07) is 15.5. The van der Waals surface area contributed by atoms with E-state index < -0.39 is 0 Å². The molecule has 3 aromatic rings. The minimum absolute atomic E-state index is 0.252. The molecule has 132 valence electrons. The second kappa shape index (κ2) is 8.20. The average molecular weight is 350 g/mol. The van der Waals surface area contributed by atoms with Crippen LogP contribution in [0, 0.1) is 12.7 Å². The van der Waals surface area contributed by atoms with Crippen molar-refractivity contribution in [3.63, 3.8) is 0 Å². The van der Waals surface area contributed by atoms with E-state index in [4.69, 9.17) is 0 Å².